The second kappa shape index (κ2) is 8.65. The van der Waals surface area contributed by atoms with Gasteiger partial charge in [0.2, 0.25) is 0 Å². The van der Waals surface area contributed by atoms with E-state index in [4.69, 9.17) is 14.2 Å². The minimum absolute atomic E-state index is 0.106. The number of thiazole rings is 1. The molecule has 0 saturated carbocycles. The Balaban J connectivity index is 1.43. The van der Waals surface area contributed by atoms with Gasteiger partial charge in [-0.1, -0.05) is 12.1 Å². The number of nitrogens with zero attached hydrogens (tertiary/aromatic N) is 2. The number of ether oxygens (including phenoxy) is 3. The Morgan fingerprint density at radius 3 is 2.81 bits per heavy atom. The molecule has 31 heavy (non-hydrogen) atoms. The smallest absolute Gasteiger partial charge is 0.267 e. The number of likely N-dealkylation sites (N-methyl/N-ethyl adjacent to an activating group) is 1. The van der Waals surface area contributed by atoms with Crippen LogP contribution in [-0.4, -0.2) is 43.7 Å². The van der Waals surface area contributed by atoms with Crippen LogP contribution < -0.4 is 24.4 Å². The lowest BCUT2D eigenvalue weighted by Crippen LogP contribution is -2.41. The maximum absolute atomic E-state index is 12.3. The molecule has 2 aromatic carbocycles. The highest BCUT2D eigenvalue weighted by molar-refractivity contribution is 7.14. The van der Waals surface area contributed by atoms with Crippen LogP contribution in [0, 0.1) is 0 Å². The van der Waals surface area contributed by atoms with Crippen molar-refractivity contribution in [2.24, 2.45) is 0 Å². The number of hydrogen-bond acceptors (Lipinski definition) is 7. The Morgan fingerprint density at radius 1 is 1.26 bits per heavy atom. The van der Waals surface area contributed by atoms with Gasteiger partial charge in [0.1, 0.15) is 5.75 Å². The van der Waals surface area contributed by atoms with Crippen molar-refractivity contribution >= 4 is 34.0 Å². The summed E-state index contributed by atoms with van der Waals surface area (Å²) in [6, 6.07) is 12.7. The van der Waals surface area contributed by atoms with Gasteiger partial charge in [-0.2, -0.15) is 0 Å². The number of anilines is 2. The molecule has 3 aromatic rings. The highest BCUT2D eigenvalue weighted by atomic mass is 32.1. The summed E-state index contributed by atoms with van der Waals surface area (Å²) >= 11 is 1.31. The minimum atomic E-state index is -0.512. The van der Waals surface area contributed by atoms with Crippen LogP contribution in [0.15, 0.2) is 47.8 Å². The standard InChI is InChI=1S/C22H21N3O5S/c1-13-21(27)25(2)16-10-14(8-9-17(16)30-13)15-12-31-22(23-15)24-20(26)11-29-19-7-5-4-6-18(19)28-3/h4-10,12-13H,11H2,1-3H3,(H,23,24,26). The molecule has 8 nitrogen and oxygen atoms in total. The molecular formula is C22H21N3O5S. The van der Waals surface area contributed by atoms with Gasteiger partial charge in [-0.05, 0) is 37.3 Å². The Morgan fingerprint density at radius 2 is 2.03 bits per heavy atom. The summed E-state index contributed by atoms with van der Waals surface area (Å²) in [7, 11) is 3.26. The number of aromatic nitrogens is 1. The first kappa shape index (κ1) is 20.7. The van der Waals surface area contributed by atoms with Crippen molar-refractivity contribution in [3.05, 3.63) is 47.8 Å². The van der Waals surface area contributed by atoms with Gasteiger partial charge in [0.25, 0.3) is 11.8 Å². The maximum atomic E-state index is 12.3. The highest BCUT2D eigenvalue weighted by Gasteiger charge is 2.29. The van der Waals surface area contributed by atoms with Gasteiger partial charge in [0, 0.05) is 18.0 Å². The highest BCUT2D eigenvalue weighted by Crippen LogP contribution is 2.37. The van der Waals surface area contributed by atoms with E-state index in [2.05, 4.69) is 10.3 Å². The van der Waals surface area contributed by atoms with Crippen molar-refractivity contribution in [3.8, 4) is 28.5 Å². The number of carbonyl (C=O) groups excluding carboxylic acids is 2. The number of fused-ring (bicyclic) bond motifs is 1. The number of methoxy groups -OCH3 is 1. The van der Waals surface area contributed by atoms with Gasteiger partial charge < -0.3 is 19.1 Å². The summed E-state index contributed by atoms with van der Waals surface area (Å²) in [5.74, 6) is 1.26. The van der Waals surface area contributed by atoms with Crippen molar-refractivity contribution in [2.45, 2.75) is 13.0 Å². The van der Waals surface area contributed by atoms with Gasteiger partial charge in [0.05, 0.1) is 18.5 Å². The van der Waals surface area contributed by atoms with E-state index in [-0.39, 0.29) is 18.4 Å². The quantitative estimate of drug-likeness (QED) is 0.631. The molecule has 0 fully saturated rings. The predicted molar refractivity (Wildman–Crippen MR) is 118 cm³/mol. The van der Waals surface area contributed by atoms with Crippen LogP contribution in [0.3, 0.4) is 0 Å². The zero-order chi connectivity index (χ0) is 22.0. The molecule has 1 N–H and O–H groups in total. The maximum Gasteiger partial charge on any atom is 0.267 e. The molecule has 2 heterocycles. The van der Waals surface area contributed by atoms with Gasteiger partial charge in [-0.25, -0.2) is 4.98 Å². The molecule has 0 bridgehead atoms. The van der Waals surface area contributed by atoms with E-state index in [1.54, 1.807) is 44.2 Å². The van der Waals surface area contributed by atoms with E-state index in [0.29, 0.717) is 33.8 Å². The molecule has 4 rings (SSSR count). The van der Waals surface area contributed by atoms with E-state index in [1.807, 2.05) is 29.6 Å². The van der Waals surface area contributed by atoms with E-state index in [1.165, 1.54) is 11.3 Å². The fraction of sp³-hybridized carbons (Fsp3) is 0.227. The first-order chi connectivity index (χ1) is 15.0. The third-order valence-corrected chi connectivity index (χ3v) is 5.53. The summed E-state index contributed by atoms with van der Waals surface area (Å²) in [5.41, 5.74) is 2.19. The zero-order valence-electron chi connectivity index (χ0n) is 17.2. The third-order valence-electron chi connectivity index (χ3n) is 4.78. The Kier molecular flexibility index (Phi) is 5.77. The first-order valence-electron chi connectivity index (χ1n) is 9.56. The largest absolute Gasteiger partial charge is 0.493 e. The number of amides is 2. The van der Waals surface area contributed by atoms with E-state index in [0.717, 1.165) is 5.56 Å². The van der Waals surface area contributed by atoms with Crippen molar-refractivity contribution in [3.63, 3.8) is 0 Å². The molecular weight excluding hydrogens is 418 g/mol. The van der Waals surface area contributed by atoms with E-state index >= 15 is 0 Å². The average molecular weight is 439 g/mol. The molecule has 160 valence electrons. The van der Waals surface area contributed by atoms with Crippen molar-refractivity contribution in [2.75, 3.05) is 31.0 Å². The molecule has 1 aromatic heterocycles. The number of benzene rings is 2. The topological polar surface area (TPSA) is 90.0 Å². The van der Waals surface area contributed by atoms with Gasteiger partial charge in [-0.3, -0.25) is 14.9 Å². The summed E-state index contributed by atoms with van der Waals surface area (Å²) in [4.78, 5) is 30.5. The van der Waals surface area contributed by atoms with Crippen molar-refractivity contribution < 1.29 is 23.8 Å². The lowest BCUT2D eigenvalue weighted by Gasteiger charge is -2.30. The lowest BCUT2D eigenvalue weighted by molar-refractivity contribution is -0.125. The van der Waals surface area contributed by atoms with Gasteiger partial charge in [-0.15, -0.1) is 11.3 Å². The van der Waals surface area contributed by atoms with Gasteiger partial charge >= 0.3 is 0 Å². The van der Waals surface area contributed by atoms with Crippen LogP contribution in [0.4, 0.5) is 10.8 Å². The zero-order valence-corrected chi connectivity index (χ0v) is 18.1. The van der Waals surface area contributed by atoms with E-state index in [9.17, 15) is 9.59 Å². The Bertz CT molecular complexity index is 1130. The second-order valence-electron chi connectivity index (χ2n) is 6.87. The molecule has 1 aliphatic rings. The molecule has 1 unspecified atom stereocenters. The number of para-hydroxylation sites is 2. The van der Waals surface area contributed by atoms with Crippen molar-refractivity contribution in [1.29, 1.82) is 0 Å². The summed E-state index contributed by atoms with van der Waals surface area (Å²) < 4.78 is 16.4. The SMILES string of the molecule is COc1ccccc1OCC(=O)Nc1nc(-c2ccc3c(c2)N(C)C(=O)C(C)O3)cs1. The van der Waals surface area contributed by atoms with Gasteiger partial charge in [0.15, 0.2) is 29.3 Å². The molecule has 0 spiro atoms. The lowest BCUT2D eigenvalue weighted by atomic mass is 10.1. The average Bonchev–Trinajstić information content (AvgIpc) is 3.24. The van der Waals surface area contributed by atoms with Crippen LogP contribution in [-0.2, 0) is 9.59 Å². The Labute approximate surface area is 183 Å². The summed E-state index contributed by atoms with van der Waals surface area (Å²) in [6.07, 6.45) is -0.512. The fourth-order valence-corrected chi connectivity index (χ4v) is 3.91. The second-order valence-corrected chi connectivity index (χ2v) is 7.72. The normalized spacial score (nSPS) is 15.1. The molecule has 0 saturated heterocycles. The first-order valence-corrected chi connectivity index (χ1v) is 10.4. The molecule has 0 aliphatic carbocycles. The monoisotopic (exact) mass is 439 g/mol. The van der Waals surface area contributed by atoms with Crippen LogP contribution >= 0.6 is 11.3 Å². The molecule has 9 heteroatoms. The van der Waals surface area contributed by atoms with E-state index < -0.39 is 6.10 Å². The van der Waals surface area contributed by atoms with Crippen LogP contribution in [0.5, 0.6) is 17.2 Å². The third kappa shape index (κ3) is 4.31. The number of carbonyl (C=O) groups is 2. The Hall–Kier alpha value is -3.59. The number of nitrogens with one attached hydrogen (secondary N) is 1. The molecule has 2 amide bonds. The molecule has 1 aliphatic heterocycles. The number of hydrogen-bond donors (Lipinski definition) is 1. The summed E-state index contributed by atoms with van der Waals surface area (Å²) in [6.45, 7) is 1.55. The molecule has 1 atom stereocenters. The van der Waals surface area contributed by atoms with Crippen LogP contribution in [0.2, 0.25) is 0 Å². The minimum Gasteiger partial charge on any atom is -0.493 e. The van der Waals surface area contributed by atoms with Crippen LogP contribution in [0.25, 0.3) is 11.3 Å². The van der Waals surface area contributed by atoms with Crippen LogP contribution in [0.1, 0.15) is 6.92 Å². The van der Waals surface area contributed by atoms with Crippen molar-refractivity contribution in [1.82, 2.24) is 4.98 Å². The summed E-state index contributed by atoms with van der Waals surface area (Å²) in [5, 5.41) is 5.03. The predicted octanol–water partition coefficient (Wildman–Crippen LogP) is 3.58. The number of rotatable bonds is 6. The fourth-order valence-electron chi connectivity index (χ4n) is 3.17. The molecule has 0 radical (unpaired) electrons.